The van der Waals surface area contributed by atoms with Crippen LogP contribution in [0.4, 0.5) is 0 Å². The van der Waals surface area contributed by atoms with Crippen molar-refractivity contribution in [1.82, 2.24) is 19.2 Å². The van der Waals surface area contributed by atoms with Gasteiger partial charge in [-0.1, -0.05) is 23.7 Å². The van der Waals surface area contributed by atoms with E-state index >= 15 is 0 Å². The van der Waals surface area contributed by atoms with Crippen LogP contribution in [0, 0.1) is 4.77 Å². The van der Waals surface area contributed by atoms with Crippen LogP contribution in [-0.4, -0.2) is 56.4 Å². The van der Waals surface area contributed by atoms with Gasteiger partial charge in [-0.2, -0.15) is 5.10 Å². The summed E-state index contributed by atoms with van der Waals surface area (Å²) in [5.41, 5.74) is 0.846. The van der Waals surface area contributed by atoms with E-state index < -0.39 is 0 Å². The Morgan fingerprint density at radius 1 is 1.48 bits per heavy atom. The Kier molecular flexibility index (Phi) is 5.83. The largest absolute Gasteiger partial charge is 0.468 e. The van der Waals surface area contributed by atoms with Gasteiger partial charge in [-0.3, -0.25) is 9.69 Å². The lowest BCUT2D eigenvalue weighted by Gasteiger charge is -2.30. The van der Waals surface area contributed by atoms with Gasteiger partial charge in [0, 0.05) is 31.5 Å². The molecule has 134 valence electrons. The van der Waals surface area contributed by atoms with E-state index in [-0.39, 0.29) is 11.2 Å². The predicted octanol–water partition coefficient (Wildman–Crippen LogP) is 2.82. The summed E-state index contributed by atoms with van der Waals surface area (Å²) in [6.45, 7) is 2.03. The normalized spacial score (nSPS) is 18.3. The molecule has 6 nitrogen and oxygen atoms in total. The van der Waals surface area contributed by atoms with Crippen LogP contribution in [-0.2, 0) is 23.2 Å². The highest BCUT2D eigenvalue weighted by Crippen LogP contribution is 2.26. The lowest BCUT2D eigenvalue weighted by molar-refractivity contribution is -0.140. The summed E-state index contributed by atoms with van der Waals surface area (Å²) in [7, 11) is 3.31. The minimum absolute atomic E-state index is 0.167. The second-order valence-electron chi connectivity index (χ2n) is 5.75. The number of rotatable bonds is 4. The topological polar surface area (TPSA) is 52.3 Å². The van der Waals surface area contributed by atoms with Crippen LogP contribution in [0.1, 0.15) is 0 Å². The van der Waals surface area contributed by atoms with Crippen molar-refractivity contribution < 1.29 is 9.53 Å². The second-order valence-corrected chi connectivity index (χ2v) is 7.83. The molecular formula is C16H19ClN4O2S2. The van der Waals surface area contributed by atoms with E-state index in [2.05, 4.69) is 10.00 Å². The Morgan fingerprint density at radius 3 is 2.96 bits per heavy atom. The van der Waals surface area contributed by atoms with E-state index in [0.717, 1.165) is 23.7 Å². The van der Waals surface area contributed by atoms with Crippen molar-refractivity contribution in [3.05, 3.63) is 34.1 Å². The average Bonchev–Trinajstić information content (AvgIpc) is 2.90. The van der Waals surface area contributed by atoms with Crippen molar-refractivity contribution in [1.29, 1.82) is 0 Å². The maximum absolute atomic E-state index is 11.8. The first kappa shape index (κ1) is 18.4. The van der Waals surface area contributed by atoms with E-state index in [4.69, 9.17) is 28.6 Å². The molecule has 9 heteroatoms. The lowest BCUT2D eigenvalue weighted by atomic mass is 10.2. The zero-order valence-corrected chi connectivity index (χ0v) is 16.4. The van der Waals surface area contributed by atoms with Crippen LogP contribution in [0.15, 0.2) is 24.3 Å². The fourth-order valence-electron chi connectivity index (χ4n) is 2.75. The van der Waals surface area contributed by atoms with Gasteiger partial charge in [0.25, 0.3) is 0 Å². The molecule has 0 N–H and O–H groups in total. The highest BCUT2D eigenvalue weighted by molar-refractivity contribution is 8.00. The number of thioether (sulfide) groups is 1. The van der Waals surface area contributed by atoms with Crippen LogP contribution in [0.5, 0.6) is 0 Å². The summed E-state index contributed by atoms with van der Waals surface area (Å²) < 4.78 is 9.10. The number of ether oxygens (including phenoxy) is 1. The van der Waals surface area contributed by atoms with Crippen LogP contribution < -0.4 is 0 Å². The van der Waals surface area contributed by atoms with Gasteiger partial charge in [0.2, 0.25) is 0 Å². The molecule has 1 fully saturated rings. The first-order valence-electron chi connectivity index (χ1n) is 7.81. The summed E-state index contributed by atoms with van der Waals surface area (Å²) in [6, 6.07) is 7.57. The zero-order chi connectivity index (χ0) is 18.0. The first-order valence-corrected chi connectivity index (χ1v) is 9.65. The quantitative estimate of drug-likeness (QED) is 0.583. The van der Waals surface area contributed by atoms with Gasteiger partial charge >= 0.3 is 5.97 Å². The third-order valence-corrected chi connectivity index (χ3v) is 6.08. The van der Waals surface area contributed by atoms with Crippen molar-refractivity contribution in [3.63, 3.8) is 0 Å². The van der Waals surface area contributed by atoms with Crippen molar-refractivity contribution in [2.45, 2.75) is 11.9 Å². The number of hydrogen-bond acceptors (Lipinski definition) is 6. The summed E-state index contributed by atoms with van der Waals surface area (Å²) in [4.78, 5) is 13.9. The van der Waals surface area contributed by atoms with Gasteiger partial charge in [-0.15, -0.1) is 11.8 Å². The van der Waals surface area contributed by atoms with Gasteiger partial charge in [0.05, 0.1) is 18.8 Å². The molecule has 0 spiro atoms. The molecule has 25 heavy (non-hydrogen) atoms. The van der Waals surface area contributed by atoms with E-state index in [9.17, 15) is 4.79 Å². The molecule has 1 aliphatic heterocycles. The molecular weight excluding hydrogens is 380 g/mol. The summed E-state index contributed by atoms with van der Waals surface area (Å²) in [6.07, 6.45) is 0. The van der Waals surface area contributed by atoms with Crippen molar-refractivity contribution in [3.8, 4) is 11.4 Å². The summed E-state index contributed by atoms with van der Waals surface area (Å²) >= 11 is 13.4. The maximum atomic E-state index is 11.8. The van der Waals surface area contributed by atoms with E-state index in [0.29, 0.717) is 23.0 Å². The molecule has 0 radical (unpaired) electrons. The first-order chi connectivity index (χ1) is 12.0. The molecule has 0 bridgehead atoms. The Bertz CT molecular complexity index is 836. The highest BCUT2D eigenvalue weighted by atomic mass is 35.5. The summed E-state index contributed by atoms with van der Waals surface area (Å²) in [5.74, 6) is 1.42. The zero-order valence-electron chi connectivity index (χ0n) is 14.0. The number of hydrogen-bond donors (Lipinski definition) is 0. The van der Waals surface area contributed by atoms with E-state index in [1.807, 2.05) is 35.9 Å². The summed E-state index contributed by atoms with van der Waals surface area (Å²) in [5, 5.41) is 5.12. The molecule has 1 atom stereocenters. The number of benzene rings is 1. The number of nitrogens with zero attached hydrogens (tertiary/aromatic N) is 4. The number of methoxy groups -OCH3 is 1. The van der Waals surface area contributed by atoms with E-state index in [1.165, 1.54) is 7.11 Å². The van der Waals surface area contributed by atoms with Crippen LogP contribution >= 0.6 is 35.6 Å². The van der Waals surface area contributed by atoms with Crippen molar-refractivity contribution >= 4 is 41.6 Å². The SMILES string of the molecule is COC(=O)[C@@H]1CN(Cn2nc(-c3ccccc3Cl)n(C)c2=S)CCS1. The third-order valence-electron chi connectivity index (χ3n) is 4.10. The fourth-order valence-corrected chi connectivity index (χ4v) is 4.35. The van der Waals surface area contributed by atoms with Gasteiger partial charge in [0.1, 0.15) is 5.25 Å². The van der Waals surface area contributed by atoms with Gasteiger partial charge in [0.15, 0.2) is 10.6 Å². The minimum Gasteiger partial charge on any atom is -0.468 e. The molecule has 1 aromatic carbocycles. The molecule has 2 aromatic rings. The molecule has 0 amide bonds. The molecule has 2 heterocycles. The molecule has 0 aliphatic carbocycles. The molecule has 0 saturated carbocycles. The maximum Gasteiger partial charge on any atom is 0.320 e. The number of carbonyl (C=O) groups excluding carboxylic acids is 1. The molecule has 3 rings (SSSR count). The fraction of sp³-hybridized carbons (Fsp3) is 0.438. The smallest absolute Gasteiger partial charge is 0.320 e. The monoisotopic (exact) mass is 398 g/mol. The van der Waals surface area contributed by atoms with Crippen LogP contribution in [0.2, 0.25) is 5.02 Å². The number of halogens is 1. The third kappa shape index (κ3) is 3.92. The van der Waals surface area contributed by atoms with Gasteiger partial charge < -0.3 is 9.30 Å². The standard InChI is InChI=1S/C16H19ClN4O2S2/c1-19-14(11-5-3-4-6-12(11)17)18-21(16(19)24)10-20-7-8-25-13(9-20)15(22)23-2/h3-6,13H,7-10H2,1-2H3/t13-/m0/s1. The highest BCUT2D eigenvalue weighted by Gasteiger charge is 2.27. The Labute approximate surface area is 160 Å². The lowest BCUT2D eigenvalue weighted by Crippen LogP contribution is -2.42. The van der Waals surface area contributed by atoms with Crippen molar-refractivity contribution in [2.75, 3.05) is 26.0 Å². The average molecular weight is 399 g/mol. The minimum atomic E-state index is -0.184. The van der Waals surface area contributed by atoms with Crippen LogP contribution in [0.3, 0.4) is 0 Å². The second kappa shape index (κ2) is 7.90. The Morgan fingerprint density at radius 2 is 2.24 bits per heavy atom. The van der Waals surface area contributed by atoms with Crippen molar-refractivity contribution in [2.24, 2.45) is 7.05 Å². The van der Waals surface area contributed by atoms with E-state index in [1.54, 1.807) is 16.4 Å². The number of aromatic nitrogens is 3. The molecule has 1 aliphatic rings. The molecule has 1 aromatic heterocycles. The number of carbonyl (C=O) groups is 1. The van der Waals surface area contributed by atoms with Gasteiger partial charge in [-0.25, -0.2) is 4.68 Å². The van der Waals surface area contributed by atoms with Crippen LogP contribution in [0.25, 0.3) is 11.4 Å². The predicted molar refractivity (Wildman–Crippen MR) is 102 cm³/mol. The Balaban J connectivity index is 1.82. The Hall–Kier alpha value is -1.35. The molecule has 1 saturated heterocycles. The van der Waals surface area contributed by atoms with Gasteiger partial charge in [-0.05, 0) is 24.4 Å². The molecule has 0 unspecified atom stereocenters. The number of esters is 1.